The number of rotatable bonds is 6. The first-order valence-electron chi connectivity index (χ1n) is 17.7. The van der Waals surface area contributed by atoms with Crippen molar-refractivity contribution in [1.82, 2.24) is 0 Å². The van der Waals surface area contributed by atoms with E-state index < -0.39 is 14.1 Å². The molecule has 0 radical (unpaired) electrons. The van der Waals surface area contributed by atoms with Crippen LogP contribution < -0.4 is 0 Å². The molecule has 0 fully saturated rings. The van der Waals surface area contributed by atoms with Crippen molar-refractivity contribution in [1.29, 1.82) is 0 Å². The minimum absolute atomic E-state index is 0.0847. The number of hydrogen-bond acceptors (Lipinski definition) is 0. The second kappa shape index (κ2) is 13.2. The molecule has 3 aromatic carbocycles. The van der Waals surface area contributed by atoms with Gasteiger partial charge in [0.25, 0.3) is 0 Å². The molecule has 0 aromatic heterocycles. The Hall–Kier alpha value is -1.81. The molecular weight excluding hydrogens is 592 g/mol. The van der Waals surface area contributed by atoms with Crippen LogP contribution in [0.2, 0.25) is 0 Å². The maximum atomic E-state index is 2.47. The summed E-state index contributed by atoms with van der Waals surface area (Å²) in [7, 11) is 0. The van der Waals surface area contributed by atoms with Gasteiger partial charge in [0.15, 0.2) is 0 Å². The van der Waals surface area contributed by atoms with E-state index >= 15 is 0 Å². The van der Waals surface area contributed by atoms with E-state index in [1.807, 2.05) is 0 Å². The van der Waals surface area contributed by atoms with Gasteiger partial charge in [-0.25, -0.2) is 0 Å². The first kappa shape index (κ1) is 38.6. The van der Waals surface area contributed by atoms with Gasteiger partial charge in [0, 0.05) is 0 Å². The monoisotopic (exact) mass is 661 g/mol. The molecule has 0 N–H and O–H groups in total. The molecule has 0 nitrogen and oxygen atoms in total. The molecule has 255 valence electrons. The third kappa shape index (κ3) is 9.20. The normalized spacial score (nSPS) is 13.9. The maximum absolute atomic E-state index is 2.47. The van der Waals surface area contributed by atoms with Gasteiger partial charge < -0.3 is 0 Å². The summed E-state index contributed by atoms with van der Waals surface area (Å²) in [6.45, 7) is 43.3. The Labute approximate surface area is 290 Å². The van der Waals surface area contributed by atoms with Gasteiger partial charge >= 0.3 is 292 Å². The van der Waals surface area contributed by atoms with E-state index in [9.17, 15) is 0 Å². The zero-order valence-electron chi connectivity index (χ0n) is 33.2. The molecule has 0 amide bonds. The molecule has 0 saturated carbocycles. The van der Waals surface area contributed by atoms with Crippen molar-refractivity contribution >= 4 is 0 Å². The van der Waals surface area contributed by atoms with Crippen molar-refractivity contribution < 1.29 is 14.1 Å². The number of benzene rings is 3. The second-order valence-corrected chi connectivity index (χ2v) is 23.3. The summed E-state index contributed by atoms with van der Waals surface area (Å²) < 4.78 is 0. The fourth-order valence-electron chi connectivity index (χ4n) is 7.51. The van der Waals surface area contributed by atoms with Crippen molar-refractivity contribution in [2.75, 3.05) is 0 Å². The zero-order chi connectivity index (χ0) is 35.3. The van der Waals surface area contributed by atoms with E-state index in [-0.39, 0.29) is 32.5 Å². The van der Waals surface area contributed by atoms with Crippen LogP contribution in [0.3, 0.4) is 0 Å². The molecule has 0 spiro atoms. The molecule has 3 aromatic rings. The molecule has 0 saturated heterocycles. The van der Waals surface area contributed by atoms with E-state index in [1.54, 1.807) is 33.4 Å². The van der Waals surface area contributed by atoms with Gasteiger partial charge in [0.05, 0.1) is 0 Å². The fourth-order valence-corrected chi connectivity index (χ4v) is 11.2. The molecule has 1 heteroatoms. The first-order chi connectivity index (χ1) is 20.6. The molecule has 3 rings (SSSR count). The molecule has 0 bridgehead atoms. The Bertz CT molecular complexity index is 1310. The second-order valence-electron chi connectivity index (χ2n) is 20.1. The van der Waals surface area contributed by atoms with Crippen molar-refractivity contribution in [3.63, 3.8) is 0 Å². The van der Waals surface area contributed by atoms with Crippen LogP contribution in [0.4, 0.5) is 0 Å². The van der Waals surface area contributed by atoms with Crippen molar-refractivity contribution in [2.24, 2.45) is 0 Å². The molecule has 46 heavy (non-hydrogen) atoms. The summed E-state index contributed by atoms with van der Waals surface area (Å²) in [6, 6.07) is 21.6. The summed E-state index contributed by atoms with van der Waals surface area (Å²) in [5.74, 6) is 0. The van der Waals surface area contributed by atoms with Crippen molar-refractivity contribution in [2.45, 2.75) is 173 Å². The van der Waals surface area contributed by atoms with Crippen molar-refractivity contribution in [3.8, 4) is 0 Å². The quantitative estimate of drug-likeness (QED) is 0.247. The summed E-state index contributed by atoms with van der Waals surface area (Å²) in [4.78, 5) is 0. The standard InChI is InChI=1S/3C15H23.Cr/c3*1-11-9-8-10-12(14(2,3)4)13(11)15(5,6)7;/h3*8-10H,1H2,2-7H3;. The first-order valence-corrected chi connectivity index (χ1v) is 20.4. The predicted octanol–water partition coefficient (Wildman–Crippen LogP) is 13.0. The van der Waals surface area contributed by atoms with Gasteiger partial charge in [-0.2, -0.15) is 0 Å². The van der Waals surface area contributed by atoms with E-state index in [0.717, 1.165) is 0 Å². The molecule has 0 aliphatic heterocycles. The Morgan fingerprint density at radius 2 is 0.543 bits per heavy atom. The van der Waals surface area contributed by atoms with Gasteiger partial charge in [0.2, 0.25) is 0 Å². The third-order valence-corrected chi connectivity index (χ3v) is 12.6. The summed E-state index contributed by atoms with van der Waals surface area (Å²) in [5.41, 5.74) is 14.6. The Morgan fingerprint density at radius 1 is 0.326 bits per heavy atom. The van der Waals surface area contributed by atoms with Gasteiger partial charge in [-0.3, -0.25) is 0 Å². The molecule has 0 aliphatic carbocycles. The van der Waals surface area contributed by atoms with Crippen LogP contribution in [0.25, 0.3) is 0 Å². The molecule has 0 heterocycles. The van der Waals surface area contributed by atoms with E-state index in [2.05, 4.69) is 179 Å². The van der Waals surface area contributed by atoms with Crippen LogP contribution in [0, 0.1) is 0 Å². The van der Waals surface area contributed by atoms with Crippen LogP contribution in [0.15, 0.2) is 54.6 Å². The Kier molecular flexibility index (Phi) is 11.1. The summed E-state index contributed by atoms with van der Waals surface area (Å²) in [6.07, 6.45) is 0. The van der Waals surface area contributed by atoms with E-state index in [0.29, 0.717) is 0 Å². The topological polar surface area (TPSA) is 0 Å². The Morgan fingerprint density at radius 3 is 0.717 bits per heavy atom. The Balaban J connectivity index is 2.34. The van der Waals surface area contributed by atoms with Gasteiger partial charge in [-0.05, 0) is 0 Å². The van der Waals surface area contributed by atoms with Gasteiger partial charge in [0.1, 0.15) is 0 Å². The summed E-state index contributed by atoms with van der Waals surface area (Å²) >= 11 is -1.25. The van der Waals surface area contributed by atoms with Crippen LogP contribution in [0.5, 0.6) is 0 Å². The van der Waals surface area contributed by atoms with Crippen LogP contribution in [-0.2, 0) is 62.5 Å². The minimum atomic E-state index is -1.25. The molecular formula is C45H69Cr. The average Bonchev–Trinajstić information content (AvgIpc) is 2.84. The molecule has 0 aliphatic rings. The SMILES string of the molecule is CC(C)(C)c1cccc([CH2][Cr]([CH2]c2cccc(C(C)(C)C)c2C(C)(C)C)[CH2]c2cccc(C(C)(C)C)c2C(C)(C)C)c1C(C)(C)C. The third-order valence-electron chi connectivity index (χ3n) is 9.21. The van der Waals surface area contributed by atoms with Crippen LogP contribution >= 0.6 is 0 Å². The fraction of sp³-hybridized carbons (Fsp3) is 0.600. The summed E-state index contributed by atoms with van der Waals surface area (Å²) in [5, 5.41) is 3.59. The van der Waals surface area contributed by atoms with Crippen LogP contribution in [0.1, 0.15) is 175 Å². The zero-order valence-corrected chi connectivity index (χ0v) is 34.5. The molecule has 0 unspecified atom stereocenters. The van der Waals surface area contributed by atoms with E-state index in [4.69, 9.17) is 0 Å². The van der Waals surface area contributed by atoms with Gasteiger partial charge in [-0.1, -0.05) is 0 Å². The average molecular weight is 662 g/mol. The molecule has 0 atom stereocenters. The van der Waals surface area contributed by atoms with Gasteiger partial charge in [-0.15, -0.1) is 0 Å². The predicted molar refractivity (Wildman–Crippen MR) is 203 cm³/mol. The van der Waals surface area contributed by atoms with Crippen molar-refractivity contribution in [3.05, 3.63) is 105 Å². The van der Waals surface area contributed by atoms with Crippen LogP contribution in [-0.4, -0.2) is 0 Å². The number of hydrogen-bond donors (Lipinski definition) is 0. The van der Waals surface area contributed by atoms with E-state index in [1.165, 1.54) is 32.5 Å².